The summed E-state index contributed by atoms with van der Waals surface area (Å²) in [6.45, 7) is 2.57. The van der Waals surface area contributed by atoms with Crippen LogP contribution in [-0.2, 0) is 4.79 Å². The van der Waals surface area contributed by atoms with Gasteiger partial charge in [0, 0.05) is 6.54 Å². The third-order valence-electron chi connectivity index (χ3n) is 2.84. The van der Waals surface area contributed by atoms with E-state index in [0.29, 0.717) is 6.54 Å². The van der Waals surface area contributed by atoms with Gasteiger partial charge in [0.25, 0.3) is 0 Å². The van der Waals surface area contributed by atoms with E-state index in [4.69, 9.17) is 5.11 Å². The zero-order chi connectivity index (χ0) is 8.77. The molecule has 2 aliphatic rings. The maximum absolute atomic E-state index is 11.5. The van der Waals surface area contributed by atoms with Gasteiger partial charge in [-0.2, -0.15) is 0 Å². The predicted octanol–water partition coefficient (Wildman–Crippen LogP) is 0.156. The highest BCUT2D eigenvalue weighted by molar-refractivity contribution is 5.86. The molecule has 1 aliphatic carbocycles. The van der Waals surface area contributed by atoms with Crippen molar-refractivity contribution >= 4 is 5.91 Å². The number of nitrogens with zero attached hydrogens (tertiary/aromatic N) is 1. The van der Waals surface area contributed by atoms with E-state index in [-0.39, 0.29) is 24.0 Å². The van der Waals surface area contributed by atoms with Gasteiger partial charge in [0.2, 0.25) is 5.91 Å². The molecule has 1 N–H and O–H groups in total. The summed E-state index contributed by atoms with van der Waals surface area (Å²) in [5, 5.41) is 8.77. The maximum Gasteiger partial charge on any atom is 0.230 e. The summed E-state index contributed by atoms with van der Waals surface area (Å²) in [6.07, 6.45) is 4.96. The van der Waals surface area contributed by atoms with Gasteiger partial charge in [-0.05, 0) is 13.3 Å². The fourth-order valence-electron chi connectivity index (χ4n) is 2.19. The van der Waals surface area contributed by atoms with Gasteiger partial charge in [-0.25, -0.2) is 0 Å². The Kier molecular flexibility index (Phi) is 1.51. The SMILES string of the molecule is C[C@@]12C=C[C@@H](C1)C(=O)N2CCO. The van der Waals surface area contributed by atoms with Gasteiger partial charge in [0.1, 0.15) is 0 Å². The van der Waals surface area contributed by atoms with E-state index in [2.05, 4.69) is 6.08 Å². The van der Waals surface area contributed by atoms with E-state index < -0.39 is 0 Å². The molecule has 0 spiro atoms. The van der Waals surface area contributed by atoms with Gasteiger partial charge < -0.3 is 10.0 Å². The molecule has 1 aliphatic heterocycles. The van der Waals surface area contributed by atoms with Crippen molar-refractivity contribution < 1.29 is 9.90 Å². The lowest BCUT2D eigenvalue weighted by Gasteiger charge is -2.32. The number of carbonyl (C=O) groups excluding carboxylic acids is 1. The number of rotatable bonds is 2. The number of aliphatic hydroxyl groups is 1. The Morgan fingerprint density at radius 2 is 2.58 bits per heavy atom. The summed E-state index contributed by atoms with van der Waals surface area (Å²) in [6, 6.07) is 0. The van der Waals surface area contributed by atoms with Crippen LogP contribution in [0.25, 0.3) is 0 Å². The topological polar surface area (TPSA) is 40.5 Å². The zero-order valence-corrected chi connectivity index (χ0v) is 7.16. The second kappa shape index (κ2) is 2.33. The third kappa shape index (κ3) is 0.829. The van der Waals surface area contributed by atoms with Crippen molar-refractivity contribution in [3.63, 3.8) is 0 Å². The fourth-order valence-corrected chi connectivity index (χ4v) is 2.19. The summed E-state index contributed by atoms with van der Waals surface area (Å²) in [5.74, 6) is 0.260. The molecule has 3 nitrogen and oxygen atoms in total. The first-order chi connectivity index (χ1) is 5.67. The number of likely N-dealkylation sites (tertiary alicyclic amines) is 1. The standard InChI is InChI=1S/C9H13NO2/c1-9-3-2-7(6-9)8(12)10(9)4-5-11/h2-3,7,11H,4-6H2,1H3/t7-,9+/m0/s1. The Balaban J connectivity index is 2.24. The Morgan fingerprint density at radius 1 is 1.83 bits per heavy atom. The summed E-state index contributed by atoms with van der Waals surface area (Å²) in [5.41, 5.74) is -0.107. The Labute approximate surface area is 71.7 Å². The summed E-state index contributed by atoms with van der Waals surface area (Å²) < 4.78 is 0. The van der Waals surface area contributed by atoms with E-state index in [1.807, 2.05) is 13.0 Å². The molecule has 0 unspecified atom stereocenters. The first kappa shape index (κ1) is 7.80. The molecule has 1 saturated heterocycles. The second-order valence-corrected chi connectivity index (χ2v) is 3.74. The Bertz CT molecular complexity index is 249. The van der Waals surface area contributed by atoms with Crippen LogP contribution in [0.3, 0.4) is 0 Å². The molecule has 66 valence electrons. The number of carbonyl (C=O) groups is 1. The average Bonchev–Trinajstić information content (AvgIpc) is 2.50. The molecule has 1 heterocycles. The van der Waals surface area contributed by atoms with Crippen molar-refractivity contribution in [2.45, 2.75) is 18.9 Å². The van der Waals surface area contributed by atoms with Crippen LogP contribution in [0, 0.1) is 5.92 Å². The molecular formula is C9H13NO2. The Hall–Kier alpha value is -0.830. The van der Waals surface area contributed by atoms with Crippen molar-refractivity contribution in [3.8, 4) is 0 Å². The van der Waals surface area contributed by atoms with Crippen LogP contribution in [-0.4, -0.2) is 34.6 Å². The van der Waals surface area contributed by atoms with Crippen molar-refractivity contribution in [3.05, 3.63) is 12.2 Å². The van der Waals surface area contributed by atoms with Crippen molar-refractivity contribution in [2.75, 3.05) is 13.2 Å². The van der Waals surface area contributed by atoms with Crippen LogP contribution in [0.5, 0.6) is 0 Å². The number of amides is 1. The molecule has 2 rings (SSSR count). The number of β-amino-alcohol motifs (C(OH)–C–C–N with tert-alkyl or cyclic N) is 1. The van der Waals surface area contributed by atoms with Gasteiger partial charge in [-0.15, -0.1) is 0 Å². The highest BCUT2D eigenvalue weighted by Crippen LogP contribution is 2.41. The lowest BCUT2D eigenvalue weighted by molar-refractivity contribution is -0.133. The molecule has 0 aromatic heterocycles. The van der Waals surface area contributed by atoms with Crippen LogP contribution in [0.1, 0.15) is 13.3 Å². The normalized spacial score (nSPS) is 38.3. The average molecular weight is 167 g/mol. The minimum Gasteiger partial charge on any atom is -0.395 e. The largest absolute Gasteiger partial charge is 0.395 e. The smallest absolute Gasteiger partial charge is 0.230 e. The van der Waals surface area contributed by atoms with E-state index in [9.17, 15) is 4.79 Å². The number of hydrogen-bond acceptors (Lipinski definition) is 2. The van der Waals surface area contributed by atoms with Crippen LogP contribution < -0.4 is 0 Å². The molecular weight excluding hydrogens is 154 g/mol. The highest BCUT2D eigenvalue weighted by Gasteiger charge is 2.48. The number of hydrogen-bond donors (Lipinski definition) is 1. The molecule has 2 atom stereocenters. The number of aliphatic hydroxyl groups excluding tert-OH is 1. The van der Waals surface area contributed by atoms with Gasteiger partial charge in [-0.1, -0.05) is 12.2 Å². The van der Waals surface area contributed by atoms with Gasteiger partial charge >= 0.3 is 0 Å². The first-order valence-electron chi connectivity index (χ1n) is 4.29. The molecule has 0 radical (unpaired) electrons. The lowest BCUT2D eigenvalue weighted by Crippen LogP contribution is -2.44. The van der Waals surface area contributed by atoms with E-state index in [0.717, 1.165) is 6.42 Å². The van der Waals surface area contributed by atoms with Crippen molar-refractivity contribution in [1.82, 2.24) is 4.90 Å². The van der Waals surface area contributed by atoms with Crippen LogP contribution in [0.2, 0.25) is 0 Å². The fraction of sp³-hybridized carbons (Fsp3) is 0.667. The van der Waals surface area contributed by atoms with E-state index >= 15 is 0 Å². The molecule has 0 aromatic rings. The zero-order valence-electron chi connectivity index (χ0n) is 7.16. The van der Waals surface area contributed by atoms with Crippen LogP contribution in [0.4, 0.5) is 0 Å². The van der Waals surface area contributed by atoms with Gasteiger partial charge in [0.05, 0.1) is 18.1 Å². The van der Waals surface area contributed by atoms with E-state index in [1.54, 1.807) is 4.90 Å². The number of fused-ring (bicyclic) bond motifs is 2. The van der Waals surface area contributed by atoms with Gasteiger partial charge in [0.15, 0.2) is 0 Å². The van der Waals surface area contributed by atoms with Crippen LogP contribution >= 0.6 is 0 Å². The lowest BCUT2D eigenvalue weighted by atomic mass is 10.0. The molecule has 1 amide bonds. The molecule has 1 fully saturated rings. The Morgan fingerprint density at radius 3 is 3.08 bits per heavy atom. The summed E-state index contributed by atoms with van der Waals surface area (Å²) in [4.78, 5) is 13.3. The predicted molar refractivity (Wildman–Crippen MR) is 44.5 cm³/mol. The molecule has 2 bridgehead atoms. The molecule has 0 saturated carbocycles. The minimum atomic E-state index is -0.107. The monoisotopic (exact) mass is 167 g/mol. The minimum absolute atomic E-state index is 0.0574. The summed E-state index contributed by atoms with van der Waals surface area (Å²) >= 11 is 0. The second-order valence-electron chi connectivity index (χ2n) is 3.74. The third-order valence-corrected chi connectivity index (χ3v) is 2.84. The van der Waals surface area contributed by atoms with Crippen molar-refractivity contribution in [1.29, 1.82) is 0 Å². The highest BCUT2D eigenvalue weighted by atomic mass is 16.3. The molecule has 12 heavy (non-hydrogen) atoms. The van der Waals surface area contributed by atoms with Gasteiger partial charge in [-0.3, -0.25) is 4.79 Å². The molecule has 3 heteroatoms. The summed E-state index contributed by atoms with van der Waals surface area (Å²) in [7, 11) is 0. The van der Waals surface area contributed by atoms with Crippen LogP contribution in [0.15, 0.2) is 12.2 Å². The van der Waals surface area contributed by atoms with E-state index in [1.165, 1.54) is 0 Å². The van der Waals surface area contributed by atoms with Crippen molar-refractivity contribution in [2.24, 2.45) is 5.92 Å². The first-order valence-corrected chi connectivity index (χ1v) is 4.29. The maximum atomic E-state index is 11.5. The molecule has 0 aromatic carbocycles. The quantitative estimate of drug-likeness (QED) is 0.595.